The fraction of sp³-hybridized carbons (Fsp3) is 0.524. The third-order valence-electron chi connectivity index (χ3n) is 6.18. The van der Waals surface area contributed by atoms with Crippen LogP contribution < -0.4 is 20.9 Å². The molecular formula is C21H30N6O2S. The molecule has 1 aromatic carbocycles. The first-order chi connectivity index (χ1) is 14.0. The van der Waals surface area contributed by atoms with Crippen molar-refractivity contribution in [1.29, 1.82) is 0 Å². The summed E-state index contributed by atoms with van der Waals surface area (Å²) in [7, 11) is -3.75. The van der Waals surface area contributed by atoms with E-state index in [4.69, 9.17) is 5.73 Å². The number of hydrazine groups is 1. The Kier molecular flexibility index (Phi) is 4.93. The summed E-state index contributed by atoms with van der Waals surface area (Å²) in [4.78, 5) is 13.4. The number of aromatic nitrogens is 2. The molecule has 2 aliphatic rings. The Morgan fingerprint density at radius 3 is 2.53 bits per heavy atom. The Morgan fingerprint density at radius 2 is 1.83 bits per heavy atom. The maximum absolute atomic E-state index is 12.6. The van der Waals surface area contributed by atoms with Gasteiger partial charge in [0.15, 0.2) is 11.6 Å². The molecule has 162 valence electrons. The van der Waals surface area contributed by atoms with Gasteiger partial charge in [0.25, 0.3) is 10.0 Å². The average molecular weight is 431 g/mol. The van der Waals surface area contributed by atoms with Crippen molar-refractivity contribution >= 4 is 27.3 Å². The maximum Gasteiger partial charge on any atom is 0.257 e. The van der Waals surface area contributed by atoms with Crippen LogP contribution in [-0.2, 0) is 10.0 Å². The highest BCUT2D eigenvalue weighted by Gasteiger charge is 2.50. The van der Waals surface area contributed by atoms with Crippen LogP contribution >= 0.6 is 0 Å². The number of nitrogens with two attached hydrogens (primary N) is 1. The lowest BCUT2D eigenvalue weighted by Gasteiger charge is -2.39. The number of benzene rings is 1. The summed E-state index contributed by atoms with van der Waals surface area (Å²) in [6, 6.07) is 6.98. The summed E-state index contributed by atoms with van der Waals surface area (Å²) in [5, 5.41) is 0. The molecule has 1 saturated heterocycles. The lowest BCUT2D eigenvalue weighted by molar-refractivity contribution is 0.136. The van der Waals surface area contributed by atoms with Crippen LogP contribution in [0, 0.1) is 17.8 Å². The molecule has 0 radical (unpaired) electrons. The third-order valence-corrected chi connectivity index (χ3v) is 7.45. The quantitative estimate of drug-likeness (QED) is 0.625. The van der Waals surface area contributed by atoms with Crippen molar-refractivity contribution in [2.75, 3.05) is 22.6 Å². The molecule has 30 heavy (non-hydrogen) atoms. The minimum absolute atomic E-state index is 0.164. The van der Waals surface area contributed by atoms with Crippen LogP contribution in [0.1, 0.15) is 45.6 Å². The van der Waals surface area contributed by atoms with Crippen molar-refractivity contribution < 1.29 is 8.42 Å². The highest BCUT2D eigenvalue weighted by Crippen LogP contribution is 2.53. The van der Waals surface area contributed by atoms with Gasteiger partial charge in [-0.25, -0.2) is 18.4 Å². The lowest BCUT2D eigenvalue weighted by Crippen LogP contribution is -2.35. The third kappa shape index (κ3) is 3.96. The molecule has 1 aliphatic heterocycles. The molecule has 2 bridgehead atoms. The molecule has 2 aromatic rings. The van der Waals surface area contributed by atoms with E-state index >= 15 is 0 Å². The van der Waals surface area contributed by atoms with Crippen LogP contribution in [0.15, 0.2) is 35.5 Å². The van der Waals surface area contributed by atoms with Crippen LogP contribution in [0.25, 0.3) is 0 Å². The molecule has 2 unspecified atom stereocenters. The molecule has 1 saturated carbocycles. The summed E-state index contributed by atoms with van der Waals surface area (Å²) in [5.41, 5.74) is 10.9. The fourth-order valence-electron chi connectivity index (χ4n) is 5.31. The van der Waals surface area contributed by atoms with E-state index < -0.39 is 10.0 Å². The molecule has 4 N–H and O–H groups in total. The van der Waals surface area contributed by atoms with E-state index in [2.05, 4.69) is 45.9 Å². The molecule has 2 atom stereocenters. The monoisotopic (exact) mass is 430 g/mol. The molecule has 1 aromatic heterocycles. The van der Waals surface area contributed by atoms with Gasteiger partial charge >= 0.3 is 0 Å². The highest BCUT2D eigenvalue weighted by molar-refractivity contribution is 7.89. The number of nitrogens with zero attached hydrogens (tertiary/aromatic N) is 3. The zero-order valence-corrected chi connectivity index (χ0v) is 18.8. The van der Waals surface area contributed by atoms with Crippen molar-refractivity contribution in [3.8, 4) is 0 Å². The smallest absolute Gasteiger partial charge is 0.257 e. The fourth-order valence-corrected chi connectivity index (χ4v) is 6.16. The van der Waals surface area contributed by atoms with Crippen molar-refractivity contribution in [2.24, 2.45) is 10.8 Å². The van der Waals surface area contributed by atoms with Gasteiger partial charge in [0.05, 0.1) is 4.90 Å². The van der Waals surface area contributed by atoms with Crippen LogP contribution in [0.5, 0.6) is 0 Å². The number of hydrogen-bond donors (Lipinski definition) is 3. The first kappa shape index (κ1) is 20.9. The van der Waals surface area contributed by atoms with Gasteiger partial charge in [0.1, 0.15) is 12.0 Å². The first-order valence-electron chi connectivity index (χ1n) is 10.2. The van der Waals surface area contributed by atoms with E-state index in [1.54, 1.807) is 24.3 Å². The van der Waals surface area contributed by atoms with Gasteiger partial charge in [-0.15, -0.1) is 4.83 Å². The van der Waals surface area contributed by atoms with Crippen LogP contribution in [-0.4, -0.2) is 31.0 Å². The van der Waals surface area contributed by atoms with Gasteiger partial charge in [-0.2, -0.15) is 0 Å². The van der Waals surface area contributed by atoms with Gasteiger partial charge in [0.2, 0.25) is 0 Å². The van der Waals surface area contributed by atoms with Crippen molar-refractivity contribution in [3.63, 3.8) is 0 Å². The molecule has 0 amide bonds. The largest absolute Gasteiger partial charge is 0.393 e. The zero-order valence-electron chi connectivity index (χ0n) is 17.9. The maximum atomic E-state index is 12.6. The molecule has 1 aliphatic carbocycles. The molecule has 0 spiro atoms. The van der Waals surface area contributed by atoms with E-state index in [0.29, 0.717) is 17.5 Å². The number of hydrogen-bond acceptors (Lipinski definition) is 7. The number of nitrogens with one attached hydrogen (secondary N) is 2. The number of aryl methyl sites for hydroxylation is 1. The molecular weight excluding hydrogens is 400 g/mol. The average Bonchev–Trinajstić information content (AvgIpc) is 2.90. The summed E-state index contributed by atoms with van der Waals surface area (Å²) in [6.07, 6.45) is 4.78. The first-order valence-corrected chi connectivity index (χ1v) is 11.7. The van der Waals surface area contributed by atoms with E-state index in [1.807, 2.05) is 6.92 Å². The predicted octanol–water partition coefficient (Wildman–Crippen LogP) is 3.08. The molecule has 4 rings (SSSR count). The summed E-state index contributed by atoms with van der Waals surface area (Å²) in [6.45, 7) is 9.75. The highest BCUT2D eigenvalue weighted by atomic mass is 32.2. The Balaban J connectivity index is 1.55. The van der Waals surface area contributed by atoms with Gasteiger partial charge in [-0.3, -0.25) is 5.43 Å². The predicted molar refractivity (Wildman–Crippen MR) is 118 cm³/mol. The topological polar surface area (TPSA) is 113 Å². The zero-order chi connectivity index (χ0) is 21.7. The van der Waals surface area contributed by atoms with E-state index in [-0.39, 0.29) is 21.5 Å². The van der Waals surface area contributed by atoms with Crippen molar-refractivity contribution in [2.45, 2.75) is 57.9 Å². The van der Waals surface area contributed by atoms with Gasteiger partial charge in [-0.05, 0) is 49.1 Å². The van der Waals surface area contributed by atoms with E-state index in [9.17, 15) is 8.42 Å². The Bertz CT molecular complexity index is 1050. The second-order valence-electron chi connectivity index (χ2n) is 9.84. The van der Waals surface area contributed by atoms with E-state index in [1.165, 1.54) is 12.7 Å². The minimum Gasteiger partial charge on any atom is -0.393 e. The van der Waals surface area contributed by atoms with E-state index in [0.717, 1.165) is 24.9 Å². The van der Waals surface area contributed by atoms with Crippen molar-refractivity contribution in [3.05, 3.63) is 36.2 Å². The van der Waals surface area contributed by atoms with Crippen LogP contribution in [0.2, 0.25) is 0 Å². The number of rotatable bonds is 5. The Morgan fingerprint density at radius 1 is 1.13 bits per heavy atom. The second kappa shape index (κ2) is 7.09. The SMILES string of the molecule is Cc1ccc(S(=O)(=O)NNc2ncnc(N3CC4(C)CC3CC(C)(C)C4)c2N)cc1. The van der Waals surface area contributed by atoms with Gasteiger partial charge < -0.3 is 10.6 Å². The normalized spacial score (nSPS) is 25.3. The van der Waals surface area contributed by atoms with Gasteiger partial charge in [0, 0.05) is 12.6 Å². The Labute approximate surface area is 178 Å². The number of sulfonamides is 1. The van der Waals surface area contributed by atoms with Crippen molar-refractivity contribution in [1.82, 2.24) is 14.8 Å². The summed E-state index contributed by atoms with van der Waals surface area (Å²) < 4.78 is 25.1. The van der Waals surface area contributed by atoms with Crippen LogP contribution in [0.4, 0.5) is 17.3 Å². The number of fused-ring (bicyclic) bond motifs is 2. The number of nitrogen functional groups attached to an aromatic ring is 1. The molecule has 2 heterocycles. The Hall–Kier alpha value is -2.39. The standard InChI is InChI=1S/C21H30N6O2S/c1-14-5-7-16(8-6-14)30(28,29)26-25-18-17(22)19(24-13-23-18)27-12-21(4)10-15(27)9-20(2,3)11-21/h5-8,13,15,26H,9-12,22H2,1-4H3,(H,23,24,25). The number of anilines is 3. The minimum atomic E-state index is -3.75. The molecule has 9 heteroatoms. The molecule has 2 fully saturated rings. The van der Waals surface area contributed by atoms with Crippen LogP contribution in [0.3, 0.4) is 0 Å². The second-order valence-corrected chi connectivity index (χ2v) is 11.5. The molecule has 8 nitrogen and oxygen atoms in total. The van der Waals surface area contributed by atoms with Gasteiger partial charge in [-0.1, -0.05) is 38.5 Å². The summed E-state index contributed by atoms with van der Waals surface area (Å²) in [5.74, 6) is 0.912. The summed E-state index contributed by atoms with van der Waals surface area (Å²) >= 11 is 0. The lowest BCUT2D eigenvalue weighted by atomic mass is 9.65.